The van der Waals surface area contributed by atoms with Crippen molar-refractivity contribution >= 4 is 0 Å². The maximum absolute atomic E-state index is 9.12. The van der Waals surface area contributed by atoms with E-state index < -0.39 is 0 Å². The number of aromatic nitrogens is 1. The van der Waals surface area contributed by atoms with Crippen LogP contribution in [0.4, 0.5) is 0 Å². The number of nitrogens with zero attached hydrogens (tertiary/aromatic N) is 3. The average molecular weight is 291 g/mol. The summed E-state index contributed by atoms with van der Waals surface area (Å²) in [5.74, 6) is 1.91. The largest absolute Gasteiger partial charge is 0.493 e. The van der Waals surface area contributed by atoms with Crippen LogP contribution in [-0.2, 0) is 6.54 Å². The summed E-state index contributed by atoms with van der Waals surface area (Å²) in [5.41, 5.74) is 3.01. The molecule has 22 heavy (non-hydrogen) atoms. The van der Waals surface area contributed by atoms with E-state index in [1.165, 1.54) is 5.56 Å². The summed E-state index contributed by atoms with van der Waals surface area (Å²) in [4.78, 5) is 6.85. The van der Waals surface area contributed by atoms with Crippen molar-refractivity contribution in [1.29, 1.82) is 5.26 Å². The molecule has 2 atom stereocenters. The molecule has 0 N–H and O–H groups in total. The monoisotopic (exact) mass is 291 g/mol. The van der Waals surface area contributed by atoms with Gasteiger partial charge in [-0.2, -0.15) is 5.26 Å². The molecule has 0 amide bonds. The fourth-order valence-corrected chi connectivity index (χ4v) is 3.57. The molecule has 0 bridgehead atoms. The third-order valence-corrected chi connectivity index (χ3v) is 4.62. The van der Waals surface area contributed by atoms with Gasteiger partial charge in [0.05, 0.1) is 23.9 Å². The quantitative estimate of drug-likeness (QED) is 0.853. The van der Waals surface area contributed by atoms with Crippen LogP contribution in [0.3, 0.4) is 0 Å². The Morgan fingerprint density at radius 3 is 3.05 bits per heavy atom. The molecule has 2 aromatic rings. The van der Waals surface area contributed by atoms with Crippen LogP contribution in [0.25, 0.3) is 0 Å². The lowest BCUT2D eigenvalue weighted by molar-refractivity contribution is 0.212. The van der Waals surface area contributed by atoms with E-state index in [4.69, 9.17) is 10.00 Å². The summed E-state index contributed by atoms with van der Waals surface area (Å²) in [5, 5.41) is 9.12. The van der Waals surface area contributed by atoms with Gasteiger partial charge in [0.2, 0.25) is 0 Å². The first kappa shape index (κ1) is 13.3. The molecule has 0 unspecified atom stereocenters. The van der Waals surface area contributed by atoms with Gasteiger partial charge in [-0.3, -0.25) is 9.88 Å². The molecule has 2 aliphatic heterocycles. The molecule has 1 aromatic carbocycles. The second-order valence-corrected chi connectivity index (χ2v) is 6.06. The van der Waals surface area contributed by atoms with E-state index in [0.717, 1.165) is 37.7 Å². The van der Waals surface area contributed by atoms with Crippen LogP contribution < -0.4 is 4.74 Å². The van der Waals surface area contributed by atoms with Crippen LogP contribution in [0.5, 0.6) is 5.75 Å². The molecular formula is C18H17N3O. The number of hydrogen-bond donors (Lipinski definition) is 0. The highest BCUT2D eigenvalue weighted by molar-refractivity contribution is 5.46. The van der Waals surface area contributed by atoms with Crippen molar-refractivity contribution in [2.75, 3.05) is 19.7 Å². The van der Waals surface area contributed by atoms with Gasteiger partial charge in [0.1, 0.15) is 5.75 Å². The summed E-state index contributed by atoms with van der Waals surface area (Å²) in [6.07, 6.45) is 1.84. The molecule has 0 saturated carbocycles. The van der Waals surface area contributed by atoms with Gasteiger partial charge < -0.3 is 4.74 Å². The maximum Gasteiger partial charge on any atom is 0.122 e. The van der Waals surface area contributed by atoms with Crippen LogP contribution >= 0.6 is 0 Å². The molecule has 0 aliphatic carbocycles. The zero-order chi connectivity index (χ0) is 14.9. The van der Waals surface area contributed by atoms with E-state index >= 15 is 0 Å². The molecule has 4 nitrogen and oxygen atoms in total. The lowest BCUT2D eigenvalue weighted by Crippen LogP contribution is -2.25. The van der Waals surface area contributed by atoms with Crippen molar-refractivity contribution in [3.8, 4) is 11.8 Å². The van der Waals surface area contributed by atoms with E-state index in [9.17, 15) is 0 Å². The van der Waals surface area contributed by atoms with Gasteiger partial charge in [0.15, 0.2) is 0 Å². The fourth-order valence-electron chi connectivity index (χ4n) is 3.57. The number of pyridine rings is 1. The Kier molecular flexibility index (Phi) is 3.28. The van der Waals surface area contributed by atoms with Gasteiger partial charge in [-0.05, 0) is 30.3 Å². The first-order chi connectivity index (χ1) is 10.8. The summed E-state index contributed by atoms with van der Waals surface area (Å²) < 4.78 is 5.88. The van der Waals surface area contributed by atoms with Gasteiger partial charge in [-0.25, -0.2) is 0 Å². The summed E-state index contributed by atoms with van der Waals surface area (Å²) in [6, 6.07) is 14.0. The zero-order valence-electron chi connectivity index (χ0n) is 12.3. The van der Waals surface area contributed by atoms with E-state index in [1.54, 1.807) is 0 Å². The van der Waals surface area contributed by atoms with Gasteiger partial charge in [0, 0.05) is 43.2 Å². The number of rotatable bonds is 2. The van der Waals surface area contributed by atoms with Crippen molar-refractivity contribution in [2.24, 2.45) is 5.92 Å². The minimum atomic E-state index is 0.459. The molecule has 1 fully saturated rings. The molecule has 0 spiro atoms. The molecule has 0 radical (unpaired) electrons. The third kappa shape index (κ3) is 2.34. The van der Waals surface area contributed by atoms with Gasteiger partial charge in [0.25, 0.3) is 0 Å². The fraction of sp³-hybridized carbons (Fsp3) is 0.333. The van der Waals surface area contributed by atoms with Crippen molar-refractivity contribution in [1.82, 2.24) is 9.88 Å². The molecule has 4 rings (SSSR count). The second-order valence-electron chi connectivity index (χ2n) is 6.06. The lowest BCUT2D eigenvalue weighted by atomic mass is 9.86. The first-order valence-electron chi connectivity index (χ1n) is 7.62. The Hall–Kier alpha value is -2.38. The van der Waals surface area contributed by atoms with Gasteiger partial charge in [-0.15, -0.1) is 0 Å². The Labute approximate surface area is 130 Å². The Balaban J connectivity index is 1.56. The van der Waals surface area contributed by atoms with Crippen molar-refractivity contribution < 1.29 is 4.74 Å². The summed E-state index contributed by atoms with van der Waals surface area (Å²) in [7, 11) is 0. The SMILES string of the molecule is N#Cc1ccc2c(c1)[C@@H]1CN(Cc3ccccn3)C[C@H]1CO2. The minimum Gasteiger partial charge on any atom is -0.493 e. The highest BCUT2D eigenvalue weighted by Crippen LogP contribution is 2.42. The lowest BCUT2D eigenvalue weighted by Gasteiger charge is -2.27. The summed E-state index contributed by atoms with van der Waals surface area (Å²) in [6.45, 7) is 3.67. The molecular weight excluding hydrogens is 274 g/mol. The highest BCUT2D eigenvalue weighted by Gasteiger charge is 2.38. The average Bonchev–Trinajstić information content (AvgIpc) is 2.98. The molecule has 4 heteroatoms. The van der Waals surface area contributed by atoms with Crippen LogP contribution in [0.15, 0.2) is 42.6 Å². The minimum absolute atomic E-state index is 0.459. The standard InChI is InChI=1S/C18H17N3O/c19-8-13-4-5-18-16(7-13)17-11-21(9-14(17)12-22-18)10-15-3-1-2-6-20-15/h1-7,14,17H,9-12H2/t14-,17+/m0/s1. The smallest absolute Gasteiger partial charge is 0.122 e. The van der Waals surface area contributed by atoms with E-state index in [-0.39, 0.29) is 0 Å². The van der Waals surface area contributed by atoms with E-state index in [0.29, 0.717) is 17.4 Å². The number of nitriles is 1. The molecule has 1 saturated heterocycles. The predicted molar refractivity (Wildman–Crippen MR) is 82.4 cm³/mol. The number of ether oxygens (including phenoxy) is 1. The molecule has 110 valence electrons. The van der Waals surface area contributed by atoms with Crippen LogP contribution in [0.2, 0.25) is 0 Å². The van der Waals surface area contributed by atoms with Crippen molar-refractivity contribution in [2.45, 2.75) is 12.5 Å². The molecule has 3 heterocycles. The Bertz CT molecular complexity index is 723. The van der Waals surface area contributed by atoms with Crippen LogP contribution in [-0.4, -0.2) is 29.6 Å². The van der Waals surface area contributed by atoms with E-state index in [2.05, 4.69) is 22.0 Å². The van der Waals surface area contributed by atoms with Crippen molar-refractivity contribution in [3.63, 3.8) is 0 Å². The van der Waals surface area contributed by atoms with Crippen molar-refractivity contribution in [3.05, 3.63) is 59.4 Å². The van der Waals surface area contributed by atoms with Gasteiger partial charge >= 0.3 is 0 Å². The van der Waals surface area contributed by atoms with Gasteiger partial charge in [-0.1, -0.05) is 6.07 Å². The summed E-state index contributed by atoms with van der Waals surface area (Å²) >= 11 is 0. The topological polar surface area (TPSA) is 49.2 Å². The Morgan fingerprint density at radius 1 is 1.27 bits per heavy atom. The number of likely N-dealkylation sites (tertiary alicyclic amines) is 1. The van der Waals surface area contributed by atoms with Crippen LogP contribution in [0.1, 0.15) is 22.7 Å². The first-order valence-corrected chi connectivity index (χ1v) is 7.62. The predicted octanol–water partition coefficient (Wildman–Crippen LogP) is 2.56. The highest BCUT2D eigenvalue weighted by atomic mass is 16.5. The number of fused-ring (bicyclic) bond motifs is 3. The Morgan fingerprint density at radius 2 is 2.23 bits per heavy atom. The zero-order valence-corrected chi connectivity index (χ0v) is 12.3. The molecule has 1 aromatic heterocycles. The van der Waals surface area contributed by atoms with Crippen LogP contribution in [0, 0.1) is 17.2 Å². The maximum atomic E-state index is 9.12. The third-order valence-electron chi connectivity index (χ3n) is 4.62. The number of hydrogen-bond acceptors (Lipinski definition) is 4. The normalized spacial score (nSPS) is 23.2. The number of benzene rings is 1. The second kappa shape index (κ2) is 5.43. The molecule has 2 aliphatic rings. The van der Waals surface area contributed by atoms with E-state index in [1.807, 2.05) is 36.5 Å².